The molecule has 0 aliphatic heterocycles. The summed E-state index contributed by atoms with van der Waals surface area (Å²) in [5, 5.41) is 0. The van der Waals surface area contributed by atoms with Gasteiger partial charge in [0.2, 0.25) is 0 Å². The molecule has 0 aliphatic rings. The minimum Gasteiger partial charge on any atom is -1.00 e. The molecule has 0 spiro atoms. The molecule has 0 aliphatic carbocycles. The summed E-state index contributed by atoms with van der Waals surface area (Å²) in [5.41, 5.74) is 0. The van der Waals surface area contributed by atoms with Crippen molar-refractivity contribution in [1.82, 2.24) is 0 Å². The zero-order valence-corrected chi connectivity index (χ0v) is 4.54. The van der Waals surface area contributed by atoms with Crippen molar-refractivity contribution in [3.05, 3.63) is 6.82 Å². The Morgan fingerprint density at radius 2 is 1.25 bits per heavy atom. The van der Waals surface area contributed by atoms with Gasteiger partial charge in [0, 0.05) is 0 Å². The molecule has 4 heavy (non-hydrogen) atoms. The van der Waals surface area contributed by atoms with Gasteiger partial charge in [0.25, 0.3) is 0 Å². The van der Waals surface area contributed by atoms with E-state index in [9.17, 15) is 0 Å². The summed E-state index contributed by atoms with van der Waals surface area (Å²) in [6.07, 6.45) is 0. The first-order valence-electron chi connectivity index (χ1n) is 0.408. The summed E-state index contributed by atoms with van der Waals surface area (Å²) in [5.74, 6) is 0. The molecule has 0 bridgehead atoms. The molecule has 0 fully saturated rings. The predicted molar refractivity (Wildman–Crippen MR) is 16.9 cm³/mol. The Kier molecular flexibility index (Phi) is 154. The molecule has 0 heterocycles. The average Bonchev–Trinajstić information content (AvgIpc) is 1.00. The number of hydrogen-bond donors (Lipinski definition) is 0. The van der Waals surface area contributed by atoms with E-state index in [1.807, 2.05) is 0 Å². The Hall–Kier alpha value is 1.12. The van der Waals surface area contributed by atoms with Gasteiger partial charge in [0.1, 0.15) is 0 Å². The van der Waals surface area contributed by atoms with Gasteiger partial charge in [-0.05, 0) is 0 Å². The van der Waals surface area contributed by atoms with Gasteiger partial charge in [0.05, 0.1) is 0 Å². The van der Waals surface area contributed by atoms with Crippen molar-refractivity contribution in [2.75, 3.05) is 0 Å². The molecule has 0 N–H and O–H groups in total. The summed E-state index contributed by atoms with van der Waals surface area (Å²) < 4.78 is 0. The summed E-state index contributed by atoms with van der Waals surface area (Å²) in [7, 11) is 4.25. The molecule has 0 aromatic heterocycles. The first-order valence-corrected chi connectivity index (χ1v) is 0.408. The van der Waals surface area contributed by atoms with Crippen LogP contribution in [0.4, 0.5) is 0 Å². The van der Waals surface area contributed by atoms with Crippen LogP contribution in [0, 0.1) is 6.82 Å². The summed E-state index contributed by atoms with van der Waals surface area (Å²) in [4.78, 5) is 0. The van der Waals surface area contributed by atoms with Gasteiger partial charge in [-0.15, -0.1) is 0 Å². The Morgan fingerprint density at radius 1 is 1.25 bits per heavy atom. The molecule has 0 nitrogen and oxygen atoms in total. The van der Waals surface area contributed by atoms with Gasteiger partial charge in [-0.25, -0.2) is 0 Å². The van der Waals surface area contributed by atoms with E-state index in [1.165, 1.54) is 0 Å². The molecule has 0 aromatic carbocycles. The van der Waals surface area contributed by atoms with Crippen LogP contribution in [0.2, 0.25) is 0 Å². The van der Waals surface area contributed by atoms with E-state index >= 15 is 0 Å². The largest absolute Gasteiger partial charge is 2.00 e. The fourth-order valence-electron chi connectivity index (χ4n) is 0. The van der Waals surface area contributed by atoms with Gasteiger partial charge in [-0.2, -0.15) is 7.85 Å². The quantitative estimate of drug-likeness (QED) is 0.212. The van der Waals surface area contributed by atoms with E-state index in [4.69, 9.17) is 0 Å². The maximum atomic E-state index is 4.25. The van der Waals surface area contributed by atoms with Crippen LogP contribution in [0.5, 0.6) is 0 Å². The standard InChI is InChI=1S/CH2B.ClH.Mg/c1-2;;/h1H2;1H;/q-1;;+2/p-1. The second-order valence-corrected chi connectivity index (χ2v) is 0. The molecule has 0 rings (SSSR count). The van der Waals surface area contributed by atoms with Crippen LogP contribution in [0.1, 0.15) is 0 Å². The van der Waals surface area contributed by atoms with E-state index in [1.54, 1.807) is 0 Å². The Morgan fingerprint density at radius 3 is 1.25 bits per heavy atom. The van der Waals surface area contributed by atoms with Crippen molar-refractivity contribution in [3.8, 4) is 0 Å². The van der Waals surface area contributed by atoms with Crippen LogP contribution >= 0.6 is 0 Å². The molecule has 0 atom stereocenters. The fraction of sp³-hybridized carbons (Fsp3) is 0. The first-order chi connectivity index (χ1) is 1.00. The Labute approximate surface area is 50.3 Å². The van der Waals surface area contributed by atoms with Gasteiger partial charge < -0.3 is 19.2 Å². The average molecular weight is 84.6 g/mol. The van der Waals surface area contributed by atoms with Crippen molar-refractivity contribution in [2.24, 2.45) is 0 Å². The maximum Gasteiger partial charge on any atom is 2.00 e. The van der Waals surface area contributed by atoms with Gasteiger partial charge in [-0.3, -0.25) is 0 Å². The zero-order chi connectivity index (χ0) is 2.00. The third-order valence-electron chi connectivity index (χ3n) is 0. The van der Waals surface area contributed by atoms with Crippen LogP contribution in [0.3, 0.4) is 0 Å². The van der Waals surface area contributed by atoms with Crippen molar-refractivity contribution >= 4 is 30.9 Å². The molecule has 0 amide bonds. The molecule has 0 saturated carbocycles. The Balaban J connectivity index is -0.00000000500. The fourth-order valence-corrected chi connectivity index (χ4v) is 0. The van der Waals surface area contributed by atoms with Crippen LogP contribution < -0.4 is 12.4 Å². The third kappa shape index (κ3) is 11.2. The number of hydrogen-bond acceptors (Lipinski definition) is 0. The van der Waals surface area contributed by atoms with E-state index in [-0.39, 0.29) is 35.5 Å². The Bertz CT molecular complexity index is 8.00. The molecule has 18 valence electrons. The van der Waals surface area contributed by atoms with E-state index in [0.717, 1.165) is 0 Å². The van der Waals surface area contributed by atoms with E-state index in [0.29, 0.717) is 0 Å². The SMILES string of the molecule is [B][CH2-].[Cl-].[Mg+2]. The molecule has 3 heteroatoms. The second-order valence-electron chi connectivity index (χ2n) is 0. The van der Waals surface area contributed by atoms with Gasteiger partial charge in [-0.1, -0.05) is 0 Å². The molecule has 0 aromatic rings. The zero-order valence-electron chi connectivity index (χ0n) is 2.37. The first kappa shape index (κ1) is 19.3. The molecule has 0 saturated heterocycles. The minimum absolute atomic E-state index is 0. The van der Waals surface area contributed by atoms with Crippen LogP contribution in [0.25, 0.3) is 0 Å². The van der Waals surface area contributed by atoms with Crippen molar-refractivity contribution < 1.29 is 12.4 Å². The van der Waals surface area contributed by atoms with Crippen molar-refractivity contribution in [2.45, 2.75) is 0 Å². The molecular weight excluding hydrogens is 82.6 g/mol. The predicted octanol–water partition coefficient (Wildman–Crippen LogP) is -3.43. The smallest absolute Gasteiger partial charge is 1.00 e. The van der Waals surface area contributed by atoms with Gasteiger partial charge >= 0.3 is 23.1 Å². The minimum atomic E-state index is 0. The van der Waals surface area contributed by atoms with Crippen LogP contribution in [-0.4, -0.2) is 30.9 Å². The van der Waals surface area contributed by atoms with Crippen LogP contribution in [-0.2, 0) is 0 Å². The van der Waals surface area contributed by atoms with Crippen molar-refractivity contribution in [3.63, 3.8) is 0 Å². The molecular formula is CH2BClMg. The molecule has 0 unspecified atom stereocenters. The van der Waals surface area contributed by atoms with Crippen LogP contribution in [0.15, 0.2) is 0 Å². The van der Waals surface area contributed by atoms with Crippen molar-refractivity contribution in [1.29, 1.82) is 0 Å². The molecule has 2 radical (unpaired) electrons. The number of rotatable bonds is 0. The monoisotopic (exact) mass is 84.0 g/mol. The number of halogens is 1. The van der Waals surface area contributed by atoms with Gasteiger partial charge in [0.15, 0.2) is 0 Å². The second kappa shape index (κ2) is 31.9. The topological polar surface area (TPSA) is 0 Å². The summed E-state index contributed by atoms with van der Waals surface area (Å²) in [6.45, 7) is 2.75. The maximum absolute atomic E-state index is 4.25. The normalized spacial score (nSPS) is 1.25. The third-order valence-corrected chi connectivity index (χ3v) is 0. The van der Waals surface area contributed by atoms with E-state index in [2.05, 4.69) is 14.7 Å². The summed E-state index contributed by atoms with van der Waals surface area (Å²) >= 11 is 0. The van der Waals surface area contributed by atoms with E-state index < -0.39 is 0 Å². The summed E-state index contributed by atoms with van der Waals surface area (Å²) in [6, 6.07) is 0.